The minimum absolute atomic E-state index is 0.112. The van der Waals surface area contributed by atoms with Gasteiger partial charge in [-0.15, -0.1) is 11.8 Å². The second-order valence-corrected chi connectivity index (χ2v) is 12.5. The van der Waals surface area contributed by atoms with Crippen LogP contribution in [0.4, 0.5) is 5.82 Å². The maximum Gasteiger partial charge on any atom is 0.240 e. The molecule has 5 rings (SSSR count). The molecule has 0 aliphatic carbocycles. The number of anilines is 1. The van der Waals surface area contributed by atoms with Crippen LogP contribution in [0.15, 0.2) is 42.5 Å². The van der Waals surface area contributed by atoms with Crippen molar-refractivity contribution in [2.45, 2.75) is 31.4 Å². The fourth-order valence-corrected chi connectivity index (χ4v) is 6.12. The van der Waals surface area contributed by atoms with Crippen LogP contribution >= 0.6 is 11.8 Å². The van der Waals surface area contributed by atoms with Crippen molar-refractivity contribution >= 4 is 29.4 Å². The number of hydrogen-bond donors (Lipinski definition) is 1. The average molecular weight is 580 g/mol. The van der Waals surface area contributed by atoms with Gasteiger partial charge in [-0.05, 0) is 56.1 Å². The number of ether oxygens (including phenoxy) is 3. The third-order valence-electron chi connectivity index (χ3n) is 7.00. The molecule has 2 aliphatic heterocycles. The zero-order valence-corrected chi connectivity index (χ0v) is 25.2. The predicted octanol–water partition coefficient (Wildman–Crippen LogP) is 3.75. The van der Waals surface area contributed by atoms with Gasteiger partial charge in [-0.25, -0.2) is 4.68 Å². The SMILES string of the molecule is COc1ccc(-n2nc(C(C)(C)C)c3c2N(CC(=O)NCCN(C)C)C(=O)CS[C@H]3c2ccc3c(c2)OCO3)cc1. The molecule has 0 bridgehead atoms. The summed E-state index contributed by atoms with van der Waals surface area (Å²) in [6.07, 6.45) is 0. The standard InChI is InChI=1S/C30H37N5O5S/c1-30(2,3)28-26-27(19-7-12-22-23(15-19)40-18-39-22)41-17-25(37)34(16-24(36)31-13-14-33(4)5)29(26)35(32-28)20-8-10-21(38-6)11-9-20/h7-12,15,27H,13-14,16-18H2,1-6H3,(H,31,36)/t27-/m0/s1. The number of nitrogens with one attached hydrogen (secondary N) is 1. The van der Waals surface area contributed by atoms with E-state index in [9.17, 15) is 9.59 Å². The Kier molecular flexibility index (Phi) is 8.19. The summed E-state index contributed by atoms with van der Waals surface area (Å²) in [5.74, 6) is 2.51. The Morgan fingerprint density at radius 1 is 1.15 bits per heavy atom. The maximum absolute atomic E-state index is 13.8. The second kappa shape index (κ2) is 11.7. The second-order valence-electron chi connectivity index (χ2n) is 11.4. The van der Waals surface area contributed by atoms with Gasteiger partial charge in [0.15, 0.2) is 11.5 Å². The number of hydrogen-bond acceptors (Lipinski definition) is 8. The van der Waals surface area contributed by atoms with Gasteiger partial charge in [0.1, 0.15) is 18.1 Å². The monoisotopic (exact) mass is 579 g/mol. The number of benzene rings is 2. The van der Waals surface area contributed by atoms with Crippen molar-refractivity contribution in [3.63, 3.8) is 0 Å². The number of thioether (sulfide) groups is 1. The van der Waals surface area contributed by atoms with Gasteiger partial charge < -0.3 is 24.4 Å². The molecular weight excluding hydrogens is 542 g/mol. The van der Waals surface area contributed by atoms with E-state index in [0.717, 1.165) is 22.5 Å². The number of amides is 2. The summed E-state index contributed by atoms with van der Waals surface area (Å²) >= 11 is 1.53. The highest BCUT2D eigenvalue weighted by Gasteiger charge is 2.40. The molecule has 1 N–H and O–H groups in total. The number of methoxy groups -OCH3 is 1. The highest BCUT2D eigenvalue weighted by molar-refractivity contribution is 8.00. The van der Waals surface area contributed by atoms with Crippen LogP contribution in [-0.4, -0.2) is 79.9 Å². The third kappa shape index (κ3) is 6.01. The Hall–Kier alpha value is -3.70. The van der Waals surface area contributed by atoms with Gasteiger partial charge in [0.25, 0.3) is 0 Å². The predicted molar refractivity (Wildman–Crippen MR) is 160 cm³/mol. The van der Waals surface area contributed by atoms with Gasteiger partial charge in [0.05, 0.1) is 29.5 Å². The van der Waals surface area contributed by atoms with Crippen LogP contribution in [-0.2, 0) is 15.0 Å². The molecule has 11 heteroatoms. The molecule has 0 unspecified atom stereocenters. The van der Waals surface area contributed by atoms with Gasteiger partial charge >= 0.3 is 0 Å². The molecule has 3 aromatic rings. The number of fused-ring (bicyclic) bond motifs is 2. The maximum atomic E-state index is 13.8. The lowest BCUT2D eigenvalue weighted by Gasteiger charge is -2.24. The summed E-state index contributed by atoms with van der Waals surface area (Å²) in [7, 11) is 5.52. The van der Waals surface area contributed by atoms with E-state index < -0.39 is 0 Å². The van der Waals surface area contributed by atoms with Crippen LogP contribution in [0, 0.1) is 0 Å². The van der Waals surface area contributed by atoms with Crippen molar-refractivity contribution in [2.75, 3.05) is 58.3 Å². The Morgan fingerprint density at radius 3 is 2.56 bits per heavy atom. The van der Waals surface area contributed by atoms with E-state index in [2.05, 4.69) is 26.1 Å². The largest absolute Gasteiger partial charge is 0.497 e. The molecule has 0 saturated carbocycles. The minimum Gasteiger partial charge on any atom is -0.497 e. The van der Waals surface area contributed by atoms with Crippen LogP contribution in [0.1, 0.15) is 42.8 Å². The van der Waals surface area contributed by atoms with Crippen molar-refractivity contribution in [1.82, 2.24) is 20.0 Å². The van der Waals surface area contributed by atoms with Gasteiger partial charge in [-0.3, -0.25) is 14.5 Å². The number of aromatic nitrogens is 2. The average Bonchev–Trinajstić information content (AvgIpc) is 3.53. The van der Waals surface area contributed by atoms with Crippen LogP contribution in [0.25, 0.3) is 5.69 Å². The first kappa shape index (κ1) is 28.8. The first-order valence-electron chi connectivity index (χ1n) is 13.6. The highest BCUT2D eigenvalue weighted by atomic mass is 32.2. The first-order valence-corrected chi connectivity index (χ1v) is 14.6. The normalized spacial score (nSPS) is 16.5. The van der Waals surface area contributed by atoms with E-state index in [0.29, 0.717) is 36.2 Å². The molecule has 2 aromatic carbocycles. The smallest absolute Gasteiger partial charge is 0.240 e. The zero-order valence-electron chi connectivity index (χ0n) is 24.4. The molecule has 0 spiro atoms. The topological polar surface area (TPSA) is 98.2 Å². The summed E-state index contributed by atoms with van der Waals surface area (Å²) in [6, 6.07) is 13.4. The number of nitrogens with zero attached hydrogens (tertiary/aromatic N) is 4. The van der Waals surface area contributed by atoms with Gasteiger partial charge in [-0.1, -0.05) is 26.8 Å². The van der Waals surface area contributed by atoms with E-state index >= 15 is 0 Å². The minimum atomic E-state index is -0.357. The Morgan fingerprint density at radius 2 is 1.88 bits per heavy atom. The molecule has 0 saturated heterocycles. The van der Waals surface area contributed by atoms with E-state index in [-0.39, 0.29) is 41.6 Å². The van der Waals surface area contributed by atoms with Crippen molar-refractivity contribution < 1.29 is 23.8 Å². The highest BCUT2D eigenvalue weighted by Crippen LogP contribution is 2.49. The zero-order chi connectivity index (χ0) is 29.3. The summed E-state index contributed by atoms with van der Waals surface area (Å²) in [5, 5.41) is 7.86. The lowest BCUT2D eigenvalue weighted by Crippen LogP contribution is -2.43. The molecule has 1 atom stereocenters. The molecule has 2 aliphatic rings. The molecule has 41 heavy (non-hydrogen) atoms. The number of rotatable bonds is 8. The van der Waals surface area contributed by atoms with E-state index in [1.54, 1.807) is 16.7 Å². The summed E-state index contributed by atoms with van der Waals surface area (Å²) in [6.45, 7) is 7.59. The van der Waals surface area contributed by atoms with E-state index in [1.165, 1.54) is 11.8 Å². The van der Waals surface area contributed by atoms with Gasteiger partial charge in [-0.2, -0.15) is 5.10 Å². The van der Waals surface area contributed by atoms with Gasteiger partial charge in [0, 0.05) is 24.1 Å². The first-order chi connectivity index (χ1) is 19.6. The van der Waals surface area contributed by atoms with Crippen LogP contribution in [0.3, 0.4) is 0 Å². The van der Waals surface area contributed by atoms with E-state index in [1.807, 2.05) is 61.5 Å². The van der Waals surface area contributed by atoms with Crippen LogP contribution < -0.4 is 24.4 Å². The van der Waals surface area contributed by atoms with Gasteiger partial charge in [0.2, 0.25) is 18.6 Å². The number of likely N-dealkylation sites (N-methyl/N-ethyl adjacent to an activating group) is 1. The molecule has 0 radical (unpaired) electrons. The van der Waals surface area contributed by atoms with Crippen LogP contribution in [0.2, 0.25) is 0 Å². The van der Waals surface area contributed by atoms with E-state index in [4.69, 9.17) is 19.3 Å². The Balaban J connectivity index is 1.68. The molecule has 3 heterocycles. The number of carbonyl (C=O) groups is 2. The molecule has 218 valence electrons. The lowest BCUT2D eigenvalue weighted by atomic mass is 9.87. The summed E-state index contributed by atoms with van der Waals surface area (Å²) in [4.78, 5) is 30.6. The van der Waals surface area contributed by atoms with Crippen LogP contribution in [0.5, 0.6) is 17.2 Å². The fraction of sp³-hybridized carbons (Fsp3) is 0.433. The molecule has 10 nitrogen and oxygen atoms in total. The van der Waals surface area contributed by atoms with Crippen molar-refractivity contribution in [3.05, 3.63) is 59.3 Å². The molecular formula is C30H37N5O5S. The molecule has 2 amide bonds. The molecule has 0 fully saturated rings. The summed E-state index contributed by atoms with van der Waals surface area (Å²) in [5.41, 5.74) is 3.14. The Bertz CT molecular complexity index is 1430. The van der Waals surface area contributed by atoms with Crippen molar-refractivity contribution in [1.29, 1.82) is 0 Å². The third-order valence-corrected chi connectivity index (χ3v) is 8.25. The lowest BCUT2D eigenvalue weighted by molar-refractivity contribution is -0.122. The summed E-state index contributed by atoms with van der Waals surface area (Å²) < 4.78 is 18.4. The quantitative estimate of drug-likeness (QED) is 0.431. The number of carbonyl (C=O) groups excluding carboxylic acids is 2. The fourth-order valence-electron chi connectivity index (χ4n) is 4.93. The van der Waals surface area contributed by atoms with Crippen molar-refractivity contribution in [3.8, 4) is 22.9 Å². The van der Waals surface area contributed by atoms with Crippen molar-refractivity contribution in [2.24, 2.45) is 0 Å². The molecule has 1 aromatic heterocycles. The Labute approximate surface area is 244 Å².